The van der Waals surface area contributed by atoms with Crippen molar-refractivity contribution in [3.63, 3.8) is 0 Å². The van der Waals surface area contributed by atoms with Gasteiger partial charge in [-0.1, -0.05) is 38.5 Å². The molecule has 0 aliphatic heterocycles. The van der Waals surface area contributed by atoms with Gasteiger partial charge in [0.25, 0.3) is 0 Å². The van der Waals surface area contributed by atoms with Crippen molar-refractivity contribution >= 4 is 5.78 Å². The molecule has 0 aromatic carbocycles. The second-order valence-electron chi connectivity index (χ2n) is 5.43. The highest BCUT2D eigenvalue weighted by molar-refractivity contribution is 5.96. The van der Waals surface area contributed by atoms with Crippen molar-refractivity contribution in [3.8, 4) is 0 Å². The maximum atomic E-state index is 12.0. The number of hydrogen-bond acceptors (Lipinski definition) is 1. The summed E-state index contributed by atoms with van der Waals surface area (Å²) in [5.41, 5.74) is 1.49. The minimum Gasteiger partial charge on any atom is -0.295 e. The first kappa shape index (κ1) is 10.7. The fourth-order valence-corrected chi connectivity index (χ4v) is 3.30. The van der Waals surface area contributed by atoms with E-state index in [1.165, 1.54) is 5.57 Å². The average molecular weight is 204 g/mol. The number of carbonyl (C=O) groups excluding carboxylic acids is 1. The number of fused-ring (bicyclic) bond motifs is 1. The molecule has 2 aliphatic rings. The summed E-state index contributed by atoms with van der Waals surface area (Å²) in [6.07, 6.45) is 9.65. The average Bonchev–Trinajstić information content (AvgIpc) is 2.29. The normalized spacial score (nSPS) is 35.3. The Morgan fingerprint density at radius 2 is 2.13 bits per heavy atom. The Morgan fingerprint density at radius 3 is 2.80 bits per heavy atom. The molecule has 1 heteroatoms. The molecule has 0 heterocycles. The Kier molecular flexibility index (Phi) is 2.57. The van der Waals surface area contributed by atoms with E-state index in [4.69, 9.17) is 0 Å². The molecule has 0 spiro atoms. The predicted molar refractivity (Wildman–Crippen MR) is 62.5 cm³/mol. The van der Waals surface area contributed by atoms with E-state index >= 15 is 0 Å². The molecule has 2 atom stereocenters. The van der Waals surface area contributed by atoms with E-state index in [0.29, 0.717) is 11.7 Å². The van der Waals surface area contributed by atoms with Gasteiger partial charge < -0.3 is 0 Å². The van der Waals surface area contributed by atoms with Crippen LogP contribution in [0.25, 0.3) is 0 Å². The SMILES string of the molecule is CC(C)[C@H]1C(=O)C=C2CCC=CC[C@@]21C. The fraction of sp³-hybridized carbons (Fsp3) is 0.643. The van der Waals surface area contributed by atoms with Crippen LogP contribution in [0, 0.1) is 17.3 Å². The highest BCUT2D eigenvalue weighted by atomic mass is 16.1. The van der Waals surface area contributed by atoms with Gasteiger partial charge in [-0.25, -0.2) is 0 Å². The first-order valence-electron chi connectivity index (χ1n) is 5.95. The molecule has 82 valence electrons. The first-order chi connectivity index (χ1) is 7.05. The van der Waals surface area contributed by atoms with Gasteiger partial charge in [0.2, 0.25) is 0 Å². The van der Waals surface area contributed by atoms with E-state index < -0.39 is 0 Å². The van der Waals surface area contributed by atoms with Crippen molar-refractivity contribution in [3.05, 3.63) is 23.8 Å². The molecule has 1 nitrogen and oxygen atoms in total. The van der Waals surface area contributed by atoms with Crippen LogP contribution < -0.4 is 0 Å². The summed E-state index contributed by atoms with van der Waals surface area (Å²) in [7, 11) is 0. The molecule has 0 radical (unpaired) electrons. The number of hydrogen-bond donors (Lipinski definition) is 0. The monoisotopic (exact) mass is 204 g/mol. The van der Waals surface area contributed by atoms with Gasteiger partial charge >= 0.3 is 0 Å². The topological polar surface area (TPSA) is 17.1 Å². The van der Waals surface area contributed by atoms with Crippen molar-refractivity contribution in [1.29, 1.82) is 0 Å². The zero-order valence-electron chi connectivity index (χ0n) is 9.92. The molecule has 0 amide bonds. The Hall–Kier alpha value is -0.850. The van der Waals surface area contributed by atoms with E-state index in [1.54, 1.807) is 0 Å². The molecule has 0 saturated heterocycles. The Labute approximate surface area is 92.3 Å². The molecule has 0 fully saturated rings. The minimum atomic E-state index is 0.109. The van der Waals surface area contributed by atoms with Crippen LogP contribution in [0.5, 0.6) is 0 Å². The molecule has 0 N–H and O–H groups in total. The minimum absolute atomic E-state index is 0.109. The molecule has 0 saturated carbocycles. The van der Waals surface area contributed by atoms with E-state index in [0.717, 1.165) is 19.3 Å². The van der Waals surface area contributed by atoms with E-state index in [2.05, 4.69) is 32.9 Å². The van der Waals surface area contributed by atoms with Gasteiger partial charge in [0.05, 0.1) is 0 Å². The predicted octanol–water partition coefficient (Wildman–Crippen LogP) is 3.51. The van der Waals surface area contributed by atoms with Crippen LogP contribution in [-0.2, 0) is 4.79 Å². The molecule has 0 aromatic rings. The van der Waals surface area contributed by atoms with Crippen LogP contribution in [0.3, 0.4) is 0 Å². The number of ketones is 1. The van der Waals surface area contributed by atoms with E-state index in [9.17, 15) is 4.79 Å². The number of allylic oxidation sites excluding steroid dienone is 4. The summed E-state index contributed by atoms with van der Waals surface area (Å²) in [6.45, 7) is 6.60. The number of rotatable bonds is 1. The van der Waals surface area contributed by atoms with Crippen molar-refractivity contribution in [2.75, 3.05) is 0 Å². The van der Waals surface area contributed by atoms with Gasteiger partial charge in [-0.2, -0.15) is 0 Å². The molecule has 15 heavy (non-hydrogen) atoms. The molecule has 0 aromatic heterocycles. The lowest BCUT2D eigenvalue weighted by molar-refractivity contribution is -0.121. The standard InChI is InChI=1S/C14H20O/c1-10(2)13-12(15)9-11-7-5-4-6-8-14(11,13)3/h4,6,9-10,13H,5,7-8H2,1-3H3/t13-,14-/m0/s1. The molecule has 0 bridgehead atoms. The fourth-order valence-electron chi connectivity index (χ4n) is 3.30. The van der Waals surface area contributed by atoms with Crippen LogP contribution in [0.1, 0.15) is 40.0 Å². The Morgan fingerprint density at radius 1 is 1.40 bits per heavy atom. The van der Waals surface area contributed by atoms with Crippen LogP contribution in [0.2, 0.25) is 0 Å². The van der Waals surface area contributed by atoms with Crippen molar-refractivity contribution in [1.82, 2.24) is 0 Å². The zero-order valence-corrected chi connectivity index (χ0v) is 9.92. The Bertz CT molecular complexity index is 335. The third kappa shape index (κ3) is 1.58. The second-order valence-corrected chi connectivity index (χ2v) is 5.43. The van der Waals surface area contributed by atoms with Gasteiger partial charge in [-0.15, -0.1) is 0 Å². The van der Waals surface area contributed by atoms with Gasteiger partial charge in [0, 0.05) is 11.3 Å². The van der Waals surface area contributed by atoms with Crippen molar-refractivity contribution in [2.45, 2.75) is 40.0 Å². The third-order valence-corrected chi connectivity index (χ3v) is 4.00. The van der Waals surface area contributed by atoms with Gasteiger partial charge in [0.15, 0.2) is 5.78 Å². The lowest BCUT2D eigenvalue weighted by Gasteiger charge is -2.34. The van der Waals surface area contributed by atoms with Gasteiger partial charge in [0.1, 0.15) is 0 Å². The van der Waals surface area contributed by atoms with E-state index in [-0.39, 0.29) is 11.3 Å². The van der Waals surface area contributed by atoms with Crippen molar-refractivity contribution in [2.24, 2.45) is 17.3 Å². The molecule has 2 rings (SSSR count). The third-order valence-electron chi connectivity index (χ3n) is 4.00. The van der Waals surface area contributed by atoms with Crippen LogP contribution in [-0.4, -0.2) is 5.78 Å². The lowest BCUT2D eigenvalue weighted by atomic mass is 9.68. The van der Waals surface area contributed by atoms with Gasteiger partial charge in [-0.05, 0) is 31.3 Å². The first-order valence-corrected chi connectivity index (χ1v) is 5.95. The highest BCUT2D eigenvalue weighted by Crippen LogP contribution is 2.50. The quantitative estimate of drug-likeness (QED) is 0.597. The second kappa shape index (κ2) is 3.62. The van der Waals surface area contributed by atoms with Crippen LogP contribution >= 0.6 is 0 Å². The van der Waals surface area contributed by atoms with Crippen LogP contribution in [0.15, 0.2) is 23.8 Å². The summed E-state index contributed by atoms with van der Waals surface area (Å²) in [5.74, 6) is 1.01. The smallest absolute Gasteiger partial charge is 0.159 e. The molecular weight excluding hydrogens is 184 g/mol. The summed E-state index contributed by atoms with van der Waals surface area (Å²) < 4.78 is 0. The van der Waals surface area contributed by atoms with Crippen LogP contribution in [0.4, 0.5) is 0 Å². The maximum absolute atomic E-state index is 12.0. The Balaban J connectivity index is 2.38. The highest BCUT2D eigenvalue weighted by Gasteiger charge is 2.46. The number of carbonyl (C=O) groups is 1. The van der Waals surface area contributed by atoms with E-state index in [1.807, 2.05) is 6.08 Å². The summed E-state index contributed by atoms with van der Waals surface area (Å²) in [5, 5.41) is 0. The molecular formula is C14H20O. The maximum Gasteiger partial charge on any atom is 0.159 e. The van der Waals surface area contributed by atoms with Gasteiger partial charge in [-0.3, -0.25) is 4.79 Å². The lowest BCUT2D eigenvalue weighted by Crippen LogP contribution is -2.32. The zero-order chi connectivity index (χ0) is 11.1. The largest absolute Gasteiger partial charge is 0.295 e. The molecule has 0 unspecified atom stereocenters. The summed E-state index contributed by atoms with van der Waals surface area (Å²) in [4.78, 5) is 12.0. The van der Waals surface area contributed by atoms with Crippen molar-refractivity contribution < 1.29 is 4.79 Å². The summed E-state index contributed by atoms with van der Waals surface area (Å²) >= 11 is 0. The summed E-state index contributed by atoms with van der Waals surface area (Å²) in [6, 6.07) is 0. The molecule has 2 aliphatic carbocycles.